The summed E-state index contributed by atoms with van der Waals surface area (Å²) in [6.07, 6.45) is 2.37. The van der Waals surface area contributed by atoms with Crippen LogP contribution in [0.3, 0.4) is 0 Å². The molecule has 0 aromatic heterocycles. The van der Waals surface area contributed by atoms with E-state index in [4.69, 9.17) is 5.73 Å². The number of benzene rings is 1. The third-order valence-corrected chi connectivity index (χ3v) is 3.49. The van der Waals surface area contributed by atoms with Gasteiger partial charge in [-0.2, -0.15) is 0 Å². The molecule has 0 bridgehead atoms. The van der Waals surface area contributed by atoms with Crippen molar-refractivity contribution in [2.45, 2.75) is 32.7 Å². The van der Waals surface area contributed by atoms with Crippen LogP contribution in [0.2, 0.25) is 0 Å². The Kier molecular flexibility index (Phi) is 3.20. The minimum Gasteiger partial charge on any atom is -0.399 e. The lowest BCUT2D eigenvalue weighted by molar-refractivity contribution is 0.202. The third-order valence-electron chi connectivity index (χ3n) is 3.49. The fourth-order valence-electron chi connectivity index (χ4n) is 2.59. The Morgan fingerprint density at radius 1 is 1.44 bits per heavy atom. The lowest BCUT2D eigenvalue weighted by Crippen LogP contribution is -2.33. The second kappa shape index (κ2) is 4.46. The normalized spacial score (nSPS) is 21.1. The van der Waals surface area contributed by atoms with Crippen molar-refractivity contribution in [2.75, 3.05) is 19.3 Å². The van der Waals surface area contributed by atoms with Crippen molar-refractivity contribution < 1.29 is 0 Å². The number of hydrogen-bond acceptors (Lipinski definition) is 2. The van der Waals surface area contributed by atoms with Gasteiger partial charge in [0.2, 0.25) is 0 Å². The van der Waals surface area contributed by atoms with E-state index < -0.39 is 0 Å². The van der Waals surface area contributed by atoms with Gasteiger partial charge < -0.3 is 5.73 Å². The SMILES string of the molecule is CC(C)CC1c2cc(N)ccc2CCN1C. The first-order valence-electron chi connectivity index (χ1n) is 6.16. The summed E-state index contributed by atoms with van der Waals surface area (Å²) in [6.45, 7) is 5.73. The number of likely N-dealkylation sites (N-methyl/N-ethyl adjacent to an activating group) is 1. The maximum absolute atomic E-state index is 5.90. The molecule has 0 radical (unpaired) electrons. The maximum atomic E-state index is 5.90. The van der Waals surface area contributed by atoms with Crippen LogP contribution in [0.4, 0.5) is 5.69 Å². The van der Waals surface area contributed by atoms with Gasteiger partial charge in [-0.15, -0.1) is 0 Å². The molecular weight excluding hydrogens is 196 g/mol. The van der Waals surface area contributed by atoms with E-state index in [0.29, 0.717) is 6.04 Å². The fraction of sp³-hybridized carbons (Fsp3) is 0.571. The molecule has 1 aliphatic rings. The average Bonchev–Trinajstić information content (AvgIpc) is 2.22. The Balaban J connectivity index is 2.34. The van der Waals surface area contributed by atoms with E-state index in [1.165, 1.54) is 17.5 Å². The third kappa shape index (κ3) is 2.22. The molecule has 16 heavy (non-hydrogen) atoms. The summed E-state index contributed by atoms with van der Waals surface area (Å²) in [5, 5.41) is 0. The Morgan fingerprint density at radius 3 is 2.88 bits per heavy atom. The van der Waals surface area contributed by atoms with Gasteiger partial charge in [0.25, 0.3) is 0 Å². The van der Waals surface area contributed by atoms with Gasteiger partial charge in [-0.3, -0.25) is 4.90 Å². The van der Waals surface area contributed by atoms with E-state index in [9.17, 15) is 0 Å². The molecule has 2 nitrogen and oxygen atoms in total. The van der Waals surface area contributed by atoms with E-state index in [2.05, 4.69) is 37.9 Å². The van der Waals surface area contributed by atoms with Gasteiger partial charge in [-0.25, -0.2) is 0 Å². The quantitative estimate of drug-likeness (QED) is 0.773. The zero-order valence-electron chi connectivity index (χ0n) is 10.5. The number of fused-ring (bicyclic) bond motifs is 1. The Bertz CT molecular complexity index is 371. The van der Waals surface area contributed by atoms with Crippen molar-refractivity contribution in [1.29, 1.82) is 0 Å². The fourth-order valence-corrected chi connectivity index (χ4v) is 2.59. The minimum absolute atomic E-state index is 0.548. The van der Waals surface area contributed by atoms with Gasteiger partial charge in [0.15, 0.2) is 0 Å². The van der Waals surface area contributed by atoms with Crippen LogP contribution in [0.15, 0.2) is 18.2 Å². The highest BCUT2D eigenvalue weighted by Gasteiger charge is 2.25. The maximum Gasteiger partial charge on any atom is 0.0351 e. The lowest BCUT2D eigenvalue weighted by Gasteiger charge is -2.35. The standard InChI is InChI=1S/C14H22N2/c1-10(2)8-14-13-9-12(15)5-4-11(13)6-7-16(14)3/h4-5,9-10,14H,6-8,15H2,1-3H3. The van der Waals surface area contributed by atoms with Crippen LogP contribution < -0.4 is 5.73 Å². The van der Waals surface area contributed by atoms with Crippen LogP contribution >= 0.6 is 0 Å². The van der Waals surface area contributed by atoms with Crippen molar-refractivity contribution in [1.82, 2.24) is 4.90 Å². The Morgan fingerprint density at radius 2 is 2.19 bits per heavy atom. The van der Waals surface area contributed by atoms with Crippen molar-refractivity contribution in [2.24, 2.45) is 5.92 Å². The molecule has 2 heteroatoms. The number of nitrogens with two attached hydrogens (primary N) is 1. The molecule has 1 aromatic carbocycles. The number of hydrogen-bond donors (Lipinski definition) is 1. The van der Waals surface area contributed by atoms with Crippen LogP contribution in [0, 0.1) is 5.92 Å². The lowest BCUT2D eigenvalue weighted by atomic mass is 9.88. The van der Waals surface area contributed by atoms with Gasteiger partial charge in [-0.1, -0.05) is 19.9 Å². The number of anilines is 1. The van der Waals surface area contributed by atoms with Crippen molar-refractivity contribution in [3.63, 3.8) is 0 Å². The predicted molar refractivity (Wildman–Crippen MR) is 69.4 cm³/mol. The Hall–Kier alpha value is -1.02. The highest BCUT2D eigenvalue weighted by molar-refractivity contribution is 5.47. The van der Waals surface area contributed by atoms with E-state index >= 15 is 0 Å². The predicted octanol–water partition coefficient (Wildman–Crippen LogP) is 2.84. The molecule has 2 rings (SSSR count). The average molecular weight is 218 g/mol. The molecule has 0 aliphatic carbocycles. The van der Waals surface area contributed by atoms with Crippen LogP contribution in [-0.4, -0.2) is 18.5 Å². The van der Waals surface area contributed by atoms with Crippen molar-refractivity contribution in [3.8, 4) is 0 Å². The zero-order chi connectivity index (χ0) is 11.7. The monoisotopic (exact) mass is 218 g/mol. The van der Waals surface area contributed by atoms with Crippen LogP contribution in [0.1, 0.15) is 37.4 Å². The van der Waals surface area contributed by atoms with E-state index in [1.54, 1.807) is 0 Å². The molecule has 1 unspecified atom stereocenters. The Labute approximate surface area is 98.4 Å². The molecule has 1 aromatic rings. The molecule has 0 saturated carbocycles. The number of nitrogens with zero attached hydrogens (tertiary/aromatic N) is 1. The van der Waals surface area contributed by atoms with Crippen LogP contribution in [0.5, 0.6) is 0 Å². The molecular formula is C14H22N2. The molecule has 88 valence electrons. The zero-order valence-corrected chi connectivity index (χ0v) is 10.5. The second-order valence-electron chi connectivity index (χ2n) is 5.33. The summed E-state index contributed by atoms with van der Waals surface area (Å²) < 4.78 is 0. The first-order chi connectivity index (χ1) is 7.58. The van der Waals surface area contributed by atoms with E-state index in [-0.39, 0.29) is 0 Å². The van der Waals surface area contributed by atoms with Crippen LogP contribution in [-0.2, 0) is 6.42 Å². The van der Waals surface area contributed by atoms with E-state index in [1.807, 2.05) is 6.07 Å². The largest absolute Gasteiger partial charge is 0.399 e. The summed E-state index contributed by atoms with van der Waals surface area (Å²) in [4.78, 5) is 2.46. The summed E-state index contributed by atoms with van der Waals surface area (Å²) in [5.41, 5.74) is 9.72. The second-order valence-corrected chi connectivity index (χ2v) is 5.33. The highest BCUT2D eigenvalue weighted by Crippen LogP contribution is 2.34. The van der Waals surface area contributed by atoms with Gasteiger partial charge in [0.05, 0.1) is 0 Å². The molecule has 1 aliphatic heterocycles. The van der Waals surface area contributed by atoms with Gasteiger partial charge in [0, 0.05) is 18.3 Å². The smallest absolute Gasteiger partial charge is 0.0351 e. The molecule has 0 amide bonds. The molecule has 1 atom stereocenters. The number of rotatable bonds is 2. The van der Waals surface area contributed by atoms with Gasteiger partial charge in [0.1, 0.15) is 0 Å². The molecule has 0 fully saturated rings. The van der Waals surface area contributed by atoms with E-state index in [0.717, 1.165) is 24.6 Å². The summed E-state index contributed by atoms with van der Waals surface area (Å²) in [7, 11) is 2.22. The van der Waals surface area contributed by atoms with Crippen LogP contribution in [0.25, 0.3) is 0 Å². The summed E-state index contributed by atoms with van der Waals surface area (Å²) in [5.74, 6) is 0.722. The minimum atomic E-state index is 0.548. The molecule has 0 spiro atoms. The highest BCUT2D eigenvalue weighted by atomic mass is 15.1. The number of nitrogen functional groups attached to an aromatic ring is 1. The summed E-state index contributed by atoms with van der Waals surface area (Å²) in [6, 6.07) is 6.94. The van der Waals surface area contributed by atoms with Crippen molar-refractivity contribution in [3.05, 3.63) is 29.3 Å². The molecule has 1 heterocycles. The van der Waals surface area contributed by atoms with Crippen molar-refractivity contribution >= 4 is 5.69 Å². The summed E-state index contributed by atoms with van der Waals surface area (Å²) >= 11 is 0. The first kappa shape index (κ1) is 11.5. The van der Waals surface area contributed by atoms with Gasteiger partial charge in [-0.05, 0) is 49.1 Å². The topological polar surface area (TPSA) is 29.3 Å². The molecule has 0 saturated heterocycles. The van der Waals surface area contributed by atoms with Gasteiger partial charge >= 0.3 is 0 Å². The molecule has 2 N–H and O–H groups in total. The first-order valence-corrected chi connectivity index (χ1v) is 6.16.